The van der Waals surface area contributed by atoms with Gasteiger partial charge in [-0.3, -0.25) is 0 Å². The number of halogens is 1. The molecule has 0 spiro atoms. The van der Waals surface area contributed by atoms with Crippen molar-refractivity contribution in [3.8, 4) is 11.8 Å². The van der Waals surface area contributed by atoms with Crippen molar-refractivity contribution in [1.29, 1.82) is 5.26 Å². The summed E-state index contributed by atoms with van der Waals surface area (Å²) in [5, 5.41) is 8.82. The van der Waals surface area contributed by atoms with Crippen molar-refractivity contribution in [1.82, 2.24) is 0 Å². The number of benzene rings is 1. The molecule has 0 aromatic heterocycles. The summed E-state index contributed by atoms with van der Waals surface area (Å²) in [6.45, 7) is 2.02. The first kappa shape index (κ1) is 12.5. The maximum atomic E-state index is 11.6. The van der Waals surface area contributed by atoms with Gasteiger partial charge in [0.1, 0.15) is 17.4 Å². The Morgan fingerprint density at radius 1 is 1.56 bits per heavy atom. The fourth-order valence-corrected chi connectivity index (χ4v) is 1.61. The highest BCUT2D eigenvalue weighted by Gasteiger charge is 2.16. The molecule has 0 heterocycles. The van der Waals surface area contributed by atoms with Gasteiger partial charge in [0.2, 0.25) is 0 Å². The number of methoxy groups -OCH3 is 1. The zero-order chi connectivity index (χ0) is 12.1. The zero-order valence-electron chi connectivity index (χ0n) is 8.91. The third-order valence-corrected chi connectivity index (χ3v) is 2.56. The van der Waals surface area contributed by atoms with Gasteiger partial charge in [-0.25, -0.2) is 4.79 Å². The van der Waals surface area contributed by atoms with Crippen LogP contribution < -0.4 is 4.74 Å². The lowest BCUT2D eigenvalue weighted by Crippen LogP contribution is -2.07. The summed E-state index contributed by atoms with van der Waals surface area (Å²) in [5.74, 6) is -0.136. The molecule has 0 aliphatic heterocycles. The predicted octanol–water partition coefficient (Wildman–Crippen LogP) is 2.51. The number of rotatable bonds is 3. The molecular formula is C11H10BrNO3. The summed E-state index contributed by atoms with van der Waals surface area (Å²) in [5.41, 5.74) is 0.708. The Labute approximate surface area is 102 Å². The van der Waals surface area contributed by atoms with E-state index in [1.807, 2.05) is 6.07 Å². The van der Waals surface area contributed by atoms with Gasteiger partial charge in [0.05, 0.1) is 19.3 Å². The van der Waals surface area contributed by atoms with Gasteiger partial charge in [-0.05, 0) is 35.0 Å². The second kappa shape index (κ2) is 5.52. The molecule has 1 aromatic carbocycles. The minimum atomic E-state index is -0.468. The summed E-state index contributed by atoms with van der Waals surface area (Å²) < 4.78 is 10.5. The van der Waals surface area contributed by atoms with Crippen molar-refractivity contribution in [3.63, 3.8) is 0 Å². The lowest BCUT2D eigenvalue weighted by atomic mass is 10.1. The van der Waals surface area contributed by atoms with Crippen LogP contribution in [0.2, 0.25) is 0 Å². The van der Waals surface area contributed by atoms with Crippen LogP contribution >= 0.6 is 15.9 Å². The standard InChI is InChI=1S/C11H10BrNO3/c1-3-16-11(14)8-5-9(12)7(6-13)4-10(8)15-2/h4-5H,3H2,1-2H3. The van der Waals surface area contributed by atoms with E-state index in [4.69, 9.17) is 14.7 Å². The highest BCUT2D eigenvalue weighted by molar-refractivity contribution is 9.10. The van der Waals surface area contributed by atoms with Gasteiger partial charge in [0.15, 0.2) is 0 Å². The number of nitriles is 1. The average molecular weight is 284 g/mol. The van der Waals surface area contributed by atoms with Crippen LogP contribution in [0.25, 0.3) is 0 Å². The van der Waals surface area contributed by atoms with Crippen LogP contribution in [-0.2, 0) is 4.74 Å². The monoisotopic (exact) mass is 283 g/mol. The molecule has 0 unspecified atom stereocenters. The Kier molecular flexibility index (Phi) is 4.32. The highest BCUT2D eigenvalue weighted by atomic mass is 79.9. The zero-order valence-corrected chi connectivity index (χ0v) is 10.5. The predicted molar refractivity (Wildman–Crippen MR) is 61.4 cm³/mol. The molecule has 0 amide bonds. The van der Waals surface area contributed by atoms with E-state index in [-0.39, 0.29) is 0 Å². The third kappa shape index (κ3) is 2.52. The summed E-state index contributed by atoms with van der Waals surface area (Å²) in [4.78, 5) is 11.6. The molecule has 1 rings (SSSR count). The van der Waals surface area contributed by atoms with Gasteiger partial charge in [-0.15, -0.1) is 0 Å². The number of carbonyl (C=O) groups is 1. The molecular weight excluding hydrogens is 274 g/mol. The number of esters is 1. The summed E-state index contributed by atoms with van der Waals surface area (Å²) in [7, 11) is 1.44. The second-order valence-corrected chi connectivity index (χ2v) is 3.72. The maximum absolute atomic E-state index is 11.6. The molecule has 0 bridgehead atoms. The quantitative estimate of drug-likeness (QED) is 0.800. The lowest BCUT2D eigenvalue weighted by molar-refractivity contribution is 0.0522. The van der Waals surface area contributed by atoms with Gasteiger partial charge in [-0.2, -0.15) is 5.26 Å². The Morgan fingerprint density at radius 2 is 2.25 bits per heavy atom. The molecule has 84 valence electrons. The SMILES string of the molecule is CCOC(=O)c1cc(Br)c(C#N)cc1OC. The van der Waals surface area contributed by atoms with Crippen LogP contribution in [0.15, 0.2) is 16.6 Å². The van der Waals surface area contributed by atoms with Crippen molar-refractivity contribution in [2.75, 3.05) is 13.7 Å². The minimum absolute atomic E-state index is 0.291. The molecule has 0 saturated heterocycles. The van der Waals surface area contributed by atoms with E-state index < -0.39 is 5.97 Å². The molecule has 0 N–H and O–H groups in total. The number of hydrogen-bond donors (Lipinski definition) is 0. The van der Waals surface area contributed by atoms with Gasteiger partial charge in [-0.1, -0.05) is 0 Å². The number of carbonyl (C=O) groups excluding carboxylic acids is 1. The summed E-state index contributed by atoms with van der Waals surface area (Å²) in [6.07, 6.45) is 0. The Bertz CT molecular complexity index is 451. The van der Waals surface area contributed by atoms with Crippen LogP contribution in [0.1, 0.15) is 22.8 Å². The average Bonchev–Trinajstić information content (AvgIpc) is 2.29. The van der Waals surface area contributed by atoms with Gasteiger partial charge < -0.3 is 9.47 Å². The topological polar surface area (TPSA) is 59.3 Å². The molecule has 5 heteroatoms. The first-order chi connectivity index (χ1) is 7.63. The van der Waals surface area contributed by atoms with E-state index in [9.17, 15) is 4.79 Å². The summed E-state index contributed by atoms with van der Waals surface area (Å²) >= 11 is 3.20. The molecule has 0 fully saturated rings. The van der Waals surface area contributed by atoms with E-state index in [2.05, 4.69) is 15.9 Å². The van der Waals surface area contributed by atoms with Crippen molar-refractivity contribution in [2.45, 2.75) is 6.92 Å². The molecule has 16 heavy (non-hydrogen) atoms. The molecule has 0 saturated carbocycles. The molecule has 0 aliphatic rings. The maximum Gasteiger partial charge on any atom is 0.341 e. The third-order valence-electron chi connectivity index (χ3n) is 1.90. The van der Waals surface area contributed by atoms with Gasteiger partial charge >= 0.3 is 5.97 Å². The van der Waals surface area contributed by atoms with Crippen LogP contribution in [0.4, 0.5) is 0 Å². The molecule has 0 aliphatic carbocycles. The van der Waals surface area contributed by atoms with Crippen LogP contribution in [0, 0.1) is 11.3 Å². The van der Waals surface area contributed by atoms with Crippen molar-refractivity contribution in [3.05, 3.63) is 27.7 Å². The fraction of sp³-hybridized carbons (Fsp3) is 0.273. The minimum Gasteiger partial charge on any atom is -0.496 e. The Hall–Kier alpha value is -1.54. The van der Waals surface area contributed by atoms with Crippen molar-refractivity contribution < 1.29 is 14.3 Å². The van der Waals surface area contributed by atoms with Crippen molar-refractivity contribution >= 4 is 21.9 Å². The number of hydrogen-bond acceptors (Lipinski definition) is 4. The van der Waals surface area contributed by atoms with E-state index in [1.54, 1.807) is 6.92 Å². The van der Waals surface area contributed by atoms with E-state index in [0.29, 0.717) is 28.0 Å². The van der Waals surface area contributed by atoms with E-state index >= 15 is 0 Å². The largest absolute Gasteiger partial charge is 0.496 e. The van der Waals surface area contributed by atoms with Crippen LogP contribution in [0.5, 0.6) is 5.75 Å². The number of nitrogens with zero attached hydrogens (tertiary/aromatic N) is 1. The fourth-order valence-electron chi connectivity index (χ4n) is 1.18. The van der Waals surface area contributed by atoms with Gasteiger partial charge in [0, 0.05) is 4.47 Å². The van der Waals surface area contributed by atoms with Crippen LogP contribution in [0.3, 0.4) is 0 Å². The van der Waals surface area contributed by atoms with E-state index in [0.717, 1.165) is 0 Å². The summed E-state index contributed by atoms with van der Waals surface area (Å²) in [6, 6.07) is 5.01. The second-order valence-electron chi connectivity index (χ2n) is 2.86. The smallest absolute Gasteiger partial charge is 0.341 e. The number of ether oxygens (including phenoxy) is 2. The molecule has 1 aromatic rings. The van der Waals surface area contributed by atoms with Gasteiger partial charge in [0.25, 0.3) is 0 Å². The first-order valence-electron chi connectivity index (χ1n) is 4.58. The highest BCUT2D eigenvalue weighted by Crippen LogP contribution is 2.27. The van der Waals surface area contributed by atoms with Crippen molar-refractivity contribution in [2.24, 2.45) is 0 Å². The Balaban J connectivity index is 3.24. The molecule has 4 nitrogen and oxygen atoms in total. The molecule has 0 atom stereocenters. The normalized spacial score (nSPS) is 9.38. The lowest BCUT2D eigenvalue weighted by Gasteiger charge is -2.09. The molecule has 0 radical (unpaired) electrons. The Morgan fingerprint density at radius 3 is 2.75 bits per heavy atom. The van der Waals surface area contributed by atoms with E-state index in [1.165, 1.54) is 19.2 Å². The first-order valence-corrected chi connectivity index (χ1v) is 5.38. The van der Waals surface area contributed by atoms with Crippen LogP contribution in [-0.4, -0.2) is 19.7 Å².